The van der Waals surface area contributed by atoms with Crippen LogP contribution in [0.4, 0.5) is 0 Å². The van der Waals surface area contributed by atoms with Gasteiger partial charge in [-0.25, -0.2) is 12.7 Å². The number of nitrogens with zero attached hydrogens (tertiary/aromatic N) is 1. The van der Waals surface area contributed by atoms with Crippen molar-refractivity contribution in [3.8, 4) is 0 Å². The number of sulfonamides is 1. The topological polar surface area (TPSA) is 87.2 Å². The maximum atomic E-state index is 11.9. The molecular weight excluding hydrogens is 226 g/mol. The van der Waals surface area contributed by atoms with Crippen LogP contribution in [0, 0.1) is 11.3 Å². The number of amidine groups is 1. The van der Waals surface area contributed by atoms with E-state index in [1.807, 2.05) is 13.8 Å². The second-order valence-electron chi connectivity index (χ2n) is 4.59. The number of hydrogen-bond donors (Lipinski definition) is 2. The van der Waals surface area contributed by atoms with E-state index in [4.69, 9.17) is 11.1 Å². The molecule has 0 aliphatic carbocycles. The van der Waals surface area contributed by atoms with E-state index in [1.54, 1.807) is 14.0 Å². The van der Waals surface area contributed by atoms with E-state index < -0.39 is 10.0 Å². The van der Waals surface area contributed by atoms with E-state index in [2.05, 4.69) is 0 Å². The Labute approximate surface area is 98.6 Å². The first-order valence-corrected chi connectivity index (χ1v) is 7.06. The minimum atomic E-state index is -3.22. The molecule has 0 amide bonds. The third-order valence-corrected chi connectivity index (χ3v) is 4.52. The Morgan fingerprint density at radius 2 is 1.88 bits per heavy atom. The first kappa shape index (κ1) is 15.4. The van der Waals surface area contributed by atoms with Crippen molar-refractivity contribution in [3.63, 3.8) is 0 Å². The van der Waals surface area contributed by atoms with Gasteiger partial charge in [0.1, 0.15) is 0 Å². The van der Waals surface area contributed by atoms with Crippen LogP contribution in [0.25, 0.3) is 0 Å². The molecule has 0 aliphatic rings. The smallest absolute Gasteiger partial charge is 0.214 e. The molecule has 96 valence electrons. The van der Waals surface area contributed by atoms with E-state index in [9.17, 15) is 8.42 Å². The quantitative estimate of drug-likeness (QED) is 0.521. The molecule has 0 saturated carbocycles. The molecule has 0 aliphatic heterocycles. The molecule has 6 heteroatoms. The molecule has 3 N–H and O–H groups in total. The van der Waals surface area contributed by atoms with Gasteiger partial charge in [-0.05, 0) is 19.3 Å². The fourth-order valence-electron chi connectivity index (χ4n) is 1.25. The summed E-state index contributed by atoms with van der Waals surface area (Å²) >= 11 is 0. The third kappa shape index (κ3) is 5.46. The van der Waals surface area contributed by atoms with E-state index in [-0.39, 0.29) is 24.1 Å². The van der Waals surface area contributed by atoms with Crippen molar-refractivity contribution < 1.29 is 8.42 Å². The second-order valence-corrected chi connectivity index (χ2v) is 6.74. The highest BCUT2D eigenvalue weighted by Gasteiger charge is 2.23. The molecule has 0 aromatic rings. The van der Waals surface area contributed by atoms with Crippen LogP contribution < -0.4 is 5.73 Å². The molecule has 0 spiro atoms. The van der Waals surface area contributed by atoms with Gasteiger partial charge in [0.2, 0.25) is 10.0 Å². The minimum Gasteiger partial charge on any atom is -0.388 e. The average molecular weight is 249 g/mol. The van der Waals surface area contributed by atoms with Gasteiger partial charge >= 0.3 is 0 Å². The van der Waals surface area contributed by atoms with Crippen molar-refractivity contribution in [3.05, 3.63) is 0 Å². The molecule has 1 atom stereocenters. The fourth-order valence-corrected chi connectivity index (χ4v) is 2.93. The summed E-state index contributed by atoms with van der Waals surface area (Å²) in [7, 11) is -1.67. The molecule has 16 heavy (non-hydrogen) atoms. The van der Waals surface area contributed by atoms with Gasteiger partial charge in [-0.15, -0.1) is 0 Å². The highest BCUT2D eigenvalue weighted by Crippen LogP contribution is 2.11. The molecule has 0 saturated heterocycles. The molecule has 0 aromatic heterocycles. The lowest BCUT2D eigenvalue weighted by molar-refractivity contribution is 0.393. The molecule has 0 bridgehead atoms. The number of nitrogens with two attached hydrogens (primary N) is 1. The Balaban J connectivity index is 4.45. The van der Waals surface area contributed by atoms with Crippen LogP contribution in [-0.2, 0) is 10.0 Å². The summed E-state index contributed by atoms with van der Waals surface area (Å²) in [5.41, 5.74) is 5.26. The van der Waals surface area contributed by atoms with Gasteiger partial charge in [0.05, 0.1) is 11.6 Å². The first-order chi connectivity index (χ1) is 7.16. The lowest BCUT2D eigenvalue weighted by Crippen LogP contribution is -2.39. The van der Waals surface area contributed by atoms with Gasteiger partial charge in [-0.2, -0.15) is 0 Å². The van der Waals surface area contributed by atoms with Crippen LogP contribution in [0.3, 0.4) is 0 Å². The predicted octanol–water partition coefficient (Wildman–Crippen LogP) is 1.01. The zero-order valence-corrected chi connectivity index (χ0v) is 11.3. The van der Waals surface area contributed by atoms with Crippen LogP contribution in [0.15, 0.2) is 0 Å². The monoisotopic (exact) mass is 249 g/mol. The lowest BCUT2D eigenvalue weighted by Gasteiger charge is -2.24. The van der Waals surface area contributed by atoms with E-state index in [0.717, 1.165) is 0 Å². The first-order valence-electron chi connectivity index (χ1n) is 5.45. The van der Waals surface area contributed by atoms with Crippen LogP contribution in [0.1, 0.15) is 33.6 Å². The maximum absolute atomic E-state index is 11.9. The molecule has 0 radical (unpaired) electrons. The average Bonchev–Trinajstić information content (AvgIpc) is 2.12. The SMILES string of the molecule is CC(C)CCS(=O)(=O)N(C)C(C)CC(=N)N. The van der Waals surface area contributed by atoms with Gasteiger partial charge < -0.3 is 5.73 Å². The summed E-state index contributed by atoms with van der Waals surface area (Å²) in [6.07, 6.45) is 0.927. The van der Waals surface area contributed by atoms with Gasteiger partial charge in [0.25, 0.3) is 0 Å². The minimum absolute atomic E-state index is 0.0124. The predicted molar refractivity (Wildman–Crippen MR) is 67.0 cm³/mol. The summed E-state index contributed by atoms with van der Waals surface area (Å²) in [5, 5.41) is 7.15. The Morgan fingerprint density at radius 1 is 1.38 bits per heavy atom. The van der Waals surface area contributed by atoms with Crippen LogP contribution in [-0.4, -0.2) is 37.4 Å². The Bertz CT molecular complexity index is 325. The Kier molecular flexibility index (Phi) is 5.96. The molecule has 5 nitrogen and oxygen atoms in total. The zero-order chi connectivity index (χ0) is 12.9. The standard InChI is InChI=1S/C10H23N3O2S/c1-8(2)5-6-16(14,15)13(4)9(3)7-10(11)12/h8-9H,5-7H2,1-4H3,(H3,11,12). The van der Waals surface area contributed by atoms with E-state index in [1.165, 1.54) is 4.31 Å². The van der Waals surface area contributed by atoms with Crippen molar-refractivity contribution in [1.29, 1.82) is 5.41 Å². The fraction of sp³-hybridized carbons (Fsp3) is 0.900. The highest BCUT2D eigenvalue weighted by atomic mass is 32.2. The number of hydrogen-bond acceptors (Lipinski definition) is 3. The third-order valence-electron chi connectivity index (χ3n) is 2.53. The molecular formula is C10H23N3O2S. The summed E-state index contributed by atoms with van der Waals surface area (Å²) < 4.78 is 25.1. The molecule has 0 aromatic carbocycles. The van der Waals surface area contributed by atoms with Crippen molar-refractivity contribution in [1.82, 2.24) is 4.31 Å². The molecule has 0 fully saturated rings. The zero-order valence-electron chi connectivity index (χ0n) is 10.5. The van der Waals surface area contributed by atoms with Crippen molar-refractivity contribution in [2.45, 2.75) is 39.7 Å². The normalized spacial score (nSPS) is 14.4. The van der Waals surface area contributed by atoms with Gasteiger partial charge in [-0.3, -0.25) is 5.41 Å². The van der Waals surface area contributed by atoms with E-state index in [0.29, 0.717) is 12.3 Å². The van der Waals surface area contributed by atoms with Crippen LogP contribution in [0.2, 0.25) is 0 Å². The lowest BCUT2D eigenvalue weighted by atomic mass is 10.2. The molecule has 0 rings (SSSR count). The van der Waals surface area contributed by atoms with Crippen molar-refractivity contribution >= 4 is 15.9 Å². The van der Waals surface area contributed by atoms with E-state index >= 15 is 0 Å². The highest BCUT2D eigenvalue weighted by molar-refractivity contribution is 7.89. The summed E-state index contributed by atoms with van der Waals surface area (Å²) in [4.78, 5) is 0. The maximum Gasteiger partial charge on any atom is 0.214 e. The second kappa shape index (κ2) is 6.20. The largest absolute Gasteiger partial charge is 0.388 e. The number of rotatable bonds is 7. The van der Waals surface area contributed by atoms with Crippen LogP contribution >= 0.6 is 0 Å². The summed E-state index contributed by atoms with van der Waals surface area (Å²) in [6, 6.07) is -0.255. The van der Waals surface area contributed by atoms with Crippen molar-refractivity contribution in [2.75, 3.05) is 12.8 Å². The summed E-state index contributed by atoms with van der Waals surface area (Å²) in [6.45, 7) is 5.75. The van der Waals surface area contributed by atoms with Crippen molar-refractivity contribution in [2.24, 2.45) is 11.7 Å². The number of nitrogens with one attached hydrogen (secondary N) is 1. The summed E-state index contributed by atoms with van der Waals surface area (Å²) in [5.74, 6) is 0.536. The Morgan fingerprint density at radius 3 is 2.25 bits per heavy atom. The van der Waals surface area contributed by atoms with Gasteiger partial charge in [0, 0.05) is 19.5 Å². The molecule has 1 unspecified atom stereocenters. The molecule has 0 heterocycles. The Hall–Kier alpha value is -0.620. The van der Waals surface area contributed by atoms with Crippen LogP contribution in [0.5, 0.6) is 0 Å². The van der Waals surface area contributed by atoms with Gasteiger partial charge in [-0.1, -0.05) is 13.8 Å². The van der Waals surface area contributed by atoms with Gasteiger partial charge in [0.15, 0.2) is 0 Å².